The minimum Gasteiger partial charge on any atom is -0.497 e. The number of rotatable bonds is 3. The van der Waals surface area contributed by atoms with Crippen LogP contribution in [-0.2, 0) is 4.79 Å². The number of thiazole rings is 1. The number of carbonyl (C=O) groups excluding carboxylic acids is 2. The van der Waals surface area contributed by atoms with Crippen molar-refractivity contribution in [3.05, 3.63) is 41.5 Å². The molecule has 3 aromatic rings. The van der Waals surface area contributed by atoms with Crippen LogP contribution in [0.25, 0.3) is 16.2 Å². The summed E-state index contributed by atoms with van der Waals surface area (Å²) in [5.74, 6) is 0.822. The predicted molar refractivity (Wildman–Crippen MR) is 103 cm³/mol. The summed E-state index contributed by atoms with van der Waals surface area (Å²) in [6.45, 7) is 3.82. The van der Waals surface area contributed by atoms with Gasteiger partial charge in [0.2, 0.25) is 5.91 Å². The van der Waals surface area contributed by atoms with Crippen LogP contribution in [0.4, 0.5) is 0 Å². The number of aromatic nitrogens is 2. The molecule has 1 aromatic carbocycles. The Bertz CT molecular complexity index is 984. The Morgan fingerprint density at radius 3 is 2.37 bits per heavy atom. The average Bonchev–Trinajstić information content (AvgIpc) is 3.28. The molecule has 2 aromatic heterocycles. The van der Waals surface area contributed by atoms with Crippen molar-refractivity contribution in [2.24, 2.45) is 0 Å². The van der Waals surface area contributed by atoms with Crippen molar-refractivity contribution >= 4 is 28.1 Å². The summed E-state index contributed by atoms with van der Waals surface area (Å²) in [6, 6.07) is 7.69. The van der Waals surface area contributed by atoms with Crippen LogP contribution >= 0.6 is 11.3 Å². The van der Waals surface area contributed by atoms with Gasteiger partial charge in [-0.2, -0.15) is 0 Å². The second-order valence-corrected chi connectivity index (χ2v) is 7.26. The third-order valence-corrected chi connectivity index (χ3v) is 5.67. The van der Waals surface area contributed by atoms with E-state index in [-0.39, 0.29) is 11.8 Å². The number of hydrogen-bond acceptors (Lipinski definition) is 5. The van der Waals surface area contributed by atoms with E-state index >= 15 is 0 Å². The van der Waals surface area contributed by atoms with Gasteiger partial charge in [0.05, 0.1) is 12.8 Å². The molecule has 140 valence electrons. The van der Waals surface area contributed by atoms with Gasteiger partial charge in [0, 0.05) is 50.2 Å². The van der Waals surface area contributed by atoms with Gasteiger partial charge in [-0.25, -0.2) is 4.98 Å². The Kier molecular flexibility index (Phi) is 4.57. The van der Waals surface area contributed by atoms with Crippen molar-refractivity contribution in [1.29, 1.82) is 0 Å². The molecule has 4 rings (SSSR count). The first kappa shape index (κ1) is 17.5. The van der Waals surface area contributed by atoms with Crippen molar-refractivity contribution < 1.29 is 14.3 Å². The summed E-state index contributed by atoms with van der Waals surface area (Å²) in [4.78, 5) is 33.4. The lowest BCUT2D eigenvalue weighted by molar-refractivity contribution is -0.130. The molecule has 7 nitrogen and oxygen atoms in total. The third-order valence-electron chi connectivity index (χ3n) is 4.83. The van der Waals surface area contributed by atoms with E-state index in [9.17, 15) is 9.59 Å². The van der Waals surface area contributed by atoms with Crippen LogP contribution in [0.15, 0.2) is 35.8 Å². The van der Waals surface area contributed by atoms with Gasteiger partial charge >= 0.3 is 0 Å². The smallest absolute Gasteiger partial charge is 0.271 e. The minimum atomic E-state index is -0.0249. The van der Waals surface area contributed by atoms with Crippen molar-refractivity contribution in [1.82, 2.24) is 19.2 Å². The van der Waals surface area contributed by atoms with Gasteiger partial charge in [-0.3, -0.25) is 14.0 Å². The number of amides is 2. The molecule has 27 heavy (non-hydrogen) atoms. The maximum atomic E-state index is 12.9. The molecule has 1 fully saturated rings. The SMILES string of the molecule is COc1ccc(-c2cn3c(C(=O)N4CCN(C(C)=O)CC4)csc3n2)cc1. The molecule has 8 heteroatoms. The van der Waals surface area contributed by atoms with Gasteiger partial charge in [0.25, 0.3) is 5.91 Å². The minimum absolute atomic E-state index is 0.0249. The van der Waals surface area contributed by atoms with E-state index < -0.39 is 0 Å². The highest BCUT2D eigenvalue weighted by Crippen LogP contribution is 2.26. The summed E-state index contributed by atoms with van der Waals surface area (Å²) in [6.07, 6.45) is 1.90. The number of imidazole rings is 1. The molecule has 0 saturated carbocycles. The lowest BCUT2D eigenvalue weighted by Crippen LogP contribution is -2.50. The maximum absolute atomic E-state index is 12.9. The standard InChI is InChI=1S/C19H20N4O3S/c1-13(24)21-7-9-22(10-8-21)18(25)17-12-27-19-20-16(11-23(17)19)14-3-5-15(26-2)6-4-14/h3-6,11-12H,7-10H2,1-2H3. The van der Waals surface area contributed by atoms with Crippen LogP contribution in [0.3, 0.4) is 0 Å². The van der Waals surface area contributed by atoms with Crippen LogP contribution in [0, 0.1) is 0 Å². The van der Waals surface area contributed by atoms with Gasteiger partial charge in [0.1, 0.15) is 11.4 Å². The van der Waals surface area contributed by atoms with Gasteiger partial charge in [-0.1, -0.05) is 0 Å². The number of nitrogens with zero attached hydrogens (tertiary/aromatic N) is 4. The Hall–Kier alpha value is -2.87. The molecule has 0 aliphatic carbocycles. The quantitative estimate of drug-likeness (QED) is 0.695. The number of piperazine rings is 1. The molecule has 0 unspecified atom stereocenters. The molecule has 0 atom stereocenters. The molecule has 0 spiro atoms. The molecule has 0 radical (unpaired) electrons. The van der Waals surface area contributed by atoms with Crippen molar-refractivity contribution in [3.63, 3.8) is 0 Å². The topological polar surface area (TPSA) is 67.2 Å². The van der Waals surface area contributed by atoms with Crippen LogP contribution in [0.2, 0.25) is 0 Å². The average molecular weight is 384 g/mol. The molecular formula is C19H20N4O3S. The van der Waals surface area contributed by atoms with Gasteiger partial charge in [-0.05, 0) is 24.3 Å². The lowest BCUT2D eigenvalue weighted by Gasteiger charge is -2.34. The van der Waals surface area contributed by atoms with Crippen LogP contribution < -0.4 is 4.74 Å². The monoisotopic (exact) mass is 384 g/mol. The summed E-state index contributed by atoms with van der Waals surface area (Å²) < 4.78 is 7.04. The first-order chi connectivity index (χ1) is 13.1. The molecular weight excluding hydrogens is 364 g/mol. The fourth-order valence-corrected chi connectivity index (χ4v) is 4.07. The van der Waals surface area contributed by atoms with Crippen LogP contribution in [0.1, 0.15) is 17.4 Å². The summed E-state index contributed by atoms with van der Waals surface area (Å²) in [7, 11) is 1.63. The summed E-state index contributed by atoms with van der Waals surface area (Å²) >= 11 is 1.45. The highest BCUT2D eigenvalue weighted by Gasteiger charge is 2.25. The zero-order valence-corrected chi connectivity index (χ0v) is 16.0. The van der Waals surface area contributed by atoms with Gasteiger partial charge in [0.15, 0.2) is 4.96 Å². The Balaban J connectivity index is 1.57. The largest absolute Gasteiger partial charge is 0.497 e. The van der Waals surface area contributed by atoms with E-state index in [0.29, 0.717) is 31.9 Å². The number of fused-ring (bicyclic) bond motifs is 1. The molecule has 0 bridgehead atoms. The fourth-order valence-electron chi connectivity index (χ4n) is 3.23. The molecule has 1 aliphatic rings. The fraction of sp³-hybridized carbons (Fsp3) is 0.316. The van der Waals surface area contributed by atoms with Gasteiger partial charge in [-0.15, -0.1) is 11.3 Å². The normalized spacial score (nSPS) is 14.6. The van der Waals surface area contributed by atoms with E-state index in [1.54, 1.807) is 23.8 Å². The van der Waals surface area contributed by atoms with Crippen molar-refractivity contribution in [3.8, 4) is 17.0 Å². The van der Waals surface area contributed by atoms with Crippen LogP contribution in [-0.4, -0.2) is 64.3 Å². The number of hydrogen-bond donors (Lipinski definition) is 0. The second-order valence-electron chi connectivity index (χ2n) is 6.43. The number of carbonyl (C=O) groups is 2. The van der Waals surface area contributed by atoms with E-state index in [0.717, 1.165) is 22.0 Å². The third kappa shape index (κ3) is 3.28. The van der Waals surface area contributed by atoms with E-state index in [2.05, 4.69) is 4.98 Å². The molecule has 0 N–H and O–H groups in total. The lowest BCUT2D eigenvalue weighted by atomic mass is 10.2. The zero-order valence-electron chi connectivity index (χ0n) is 15.2. The Labute approximate surface area is 160 Å². The number of methoxy groups -OCH3 is 1. The van der Waals surface area contributed by atoms with Crippen LogP contribution in [0.5, 0.6) is 5.75 Å². The Morgan fingerprint density at radius 1 is 1.07 bits per heavy atom. The summed E-state index contributed by atoms with van der Waals surface area (Å²) in [5.41, 5.74) is 2.40. The molecule has 1 aliphatic heterocycles. The zero-order chi connectivity index (χ0) is 19.0. The van der Waals surface area contributed by atoms with Gasteiger partial charge < -0.3 is 14.5 Å². The van der Waals surface area contributed by atoms with E-state index in [4.69, 9.17) is 4.74 Å². The van der Waals surface area contributed by atoms with E-state index in [1.807, 2.05) is 40.2 Å². The second kappa shape index (κ2) is 7.03. The predicted octanol–water partition coefficient (Wildman–Crippen LogP) is 2.38. The van der Waals surface area contributed by atoms with Crippen molar-refractivity contribution in [2.45, 2.75) is 6.92 Å². The first-order valence-corrected chi connectivity index (χ1v) is 9.60. The van der Waals surface area contributed by atoms with Crippen molar-refractivity contribution in [2.75, 3.05) is 33.3 Å². The molecule has 2 amide bonds. The molecule has 3 heterocycles. The maximum Gasteiger partial charge on any atom is 0.271 e. The highest BCUT2D eigenvalue weighted by molar-refractivity contribution is 7.15. The number of benzene rings is 1. The molecule has 1 saturated heterocycles. The Morgan fingerprint density at radius 2 is 1.74 bits per heavy atom. The van der Waals surface area contributed by atoms with E-state index in [1.165, 1.54) is 11.3 Å². The number of ether oxygens (including phenoxy) is 1. The summed E-state index contributed by atoms with van der Waals surface area (Å²) in [5, 5.41) is 1.85. The first-order valence-electron chi connectivity index (χ1n) is 8.72. The highest BCUT2D eigenvalue weighted by atomic mass is 32.1.